The molecule has 2 N–H and O–H groups in total. The molecular weight excluding hydrogens is 196 g/mol. The van der Waals surface area contributed by atoms with Crippen LogP contribution in [-0.2, 0) is 16.0 Å². The van der Waals surface area contributed by atoms with Crippen molar-refractivity contribution in [1.29, 1.82) is 0 Å². The first-order valence-electron chi connectivity index (χ1n) is 4.40. The molecule has 0 radical (unpaired) electrons. The van der Waals surface area contributed by atoms with E-state index < -0.39 is 12.0 Å². The molecular formula is C10H12N2O3. The largest absolute Gasteiger partial charge is 0.468 e. The van der Waals surface area contributed by atoms with Crippen LogP contribution in [0.15, 0.2) is 18.5 Å². The van der Waals surface area contributed by atoms with Gasteiger partial charge in [0.05, 0.1) is 7.11 Å². The molecule has 1 aromatic rings. The van der Waals surface area contributed by atoms with E-state index in [2.05, 4.69) is 9.72 Å². The number of ether oxygens (including phenoxy) is 1. The van der Waals surface area contributed by atoms with Gasteiger partial charge in [-0.05, 0) is 11.6 Å². The molecule has 1 aromatic heterocycles. The van der Waals surface area contributed by atoms with Crippen LogP contribution in [0.1, 0.15) is 15.9 Å². The Morgan fingerprint density at radius 2 is 2.47 bits per heavy atom. The summed E-state index contributed by atoms with van der Waals surface area (Å²) in [6.07, 6.45) is 3.99. The van der Waals surface area contributed by atoms with Gasteiger partial charge in [-0.2, -0.15) is 0 Å². The number of nitrogens with two attached hydrogens (primary N) is 1. The molecule has 0 saturated carbocycles. The molecule has 5 nitrogen and oxygen atoms in total. The Bertz CT molecular complexity index is 365. The van der Waals surface area contributed by atoms with Gasteiger partial charge in [-0.15, -0.1) is 0 Å². The molecule has 0 saturated heterocycles. The van der Waals surface area contributed by atoms with Crippen LogP contribution < -0.4 is 5.73 Å². The van der Waals surface area contributed by atoms with E-state index in [0.29, 0.717) is 17.4 Å². The molecule has 15 heavy (non-hydrogen) atoms. The fourth-order valence-corrected chi connectivity index (χ4v) is 1.20. The minimum Gasteiger partial charge on any atom is -0.468 e. The summed E-state index contributed by atoms with van der Waals surface area (Å²) in [5.41, 5.74) is 6.70. The molecule has 0 aliphatic rings. The molecule has 80 valence electrons. The minimum absolute atomic E-state index is 0.245. The minimum atomic E-state index is -0.766. The van der Waals surface area contributed by atoms with Gasteiger partial charge >= 0.3 is 5.97 Å². The molecule has 0 spiro atoms. The number of pyridine rings is 1. The highest BCUT2D eigenvalue weighted by atomic mass is 16.5. The standard InChI is InChI=1S/C10H12N2O3/c1-15-10(14)9(11)4-8-5-12-3-2-7(8)6-13/h2-3,5-6,9H,4,11H2,1H3/t9-/m1/s1. The van der Waals surface area contributed by atoms with Gasteiger partial charge in [-0.1, -0.05) is 0 Å². The monoisotopic (exact) mass is 208 g/mol. The van der Waals surface area contributed by atoms with E-state index in [1.165, 1.54) is 19.5 Å². The third-order valence-electron chi connectivity index (χ3n) is 2.01. The molecule has 0 fully saturated rings. The smallest absolute Gasteiger partial charge is 0.322 e. The number of methoxy groups -OCH3 is 1. The van der Waals surface area contributed by atoms with Gasteiger partial charge in [0.25, 0.3) is 0 Å². The molecule has 1 atom stereocenters. The first-order chi connectivity index (χ1) is 7.19. The molecule has 0 aromatic carbocycles. The average molecular weight is 208 g/mol. The van der Waals surface area contributed by atoms with E-state index in [1.807, 2.05) is 0 Å². The Labute approximate surface area is 87.3 Å². The van der Waals surface area contributed by atoms with Crippen LogP contribution >= 0.6 is 0 Å². The maximum Gasteiger partial charge on any atom is 0.322 e. The van der Waals surface area contributed by atoms with E-state index in [1.54, 1.807) is 6.07 Å². The van der Waals surface area contributed by atoms with Gasteiger partial charge in [-0.3, -0.25) is 14.6 Å². The number of nitrogens with zero attached hydrogens (tertiary/aromatic N) is 1. The Morgan fingerprint density at radius 3 is 3.07 bits per heavy atom. The second-order valence-electron chi connectivity index (χ2n) is 3.03. The van der Waals surface area contributed by atoms with Gasteiger partial charge in [0.1, 0.15) is 12.3 Å². The second-order valence-corrected chi connectivity index (χ2v) is 3.03. The predicted octanol–water partition coefficient (Wildman–Crippen LogP) is -0.0631. The van der Waals surface area contributed by atoms with E-state index in [4.69, 9.17) is 5.73 Å². The summed E-state index contributed by atoms with van der Waals surface area (Å²) < 4.78 is 4.49. The average Bonchev–Trinajstić information content (AvgIpc) is 2.28. The van der Waals surface area contributed by atoms with Crippen LogP contribution in [0.4, 0.5) is 0 Å². The fourth-order valence-electron chi connectivity index (χ4n) is 1.20. The molecule has 0 aliphatic heterocycles. The van der Waals surface area contributed by atoms with Crippen molar-refractivity contribution in [3.8, 4) is 0 Å². The van der Waals surface area contributed by atoms with Crippen LogP contribution in [0.25, 0.3) is 0 Å². The molecule has 1 rings (SSSR count). The van der Waals surface area contributed by atoms with Crippen molar-refractivity contribution in [2.24, 2.45) is 5.73 Å². The number of aromatic nitrogens is 1. The third kappa shape index (κ3) is 2.85. The normalized spacial score (nSPS) is 11.9. The van der Waals surface area contributed by atoms with Crippen molar-refractivity contribution in [3.05, 3.63) is 29.6 Å². The Kier molecular flexibility index (Phi) is 3.93. The van der Waals surface area contributed by atoms with Crippen molar-refractivity contribution in [2.75, 3.05) is 7.11 Å². The fraction of sp³-hybridized carbons (Fsp3) is 0.300. The van der Waals surface area contributed by atoms with Crippen molar-refractivity contribution in [2.45, 2.75) is 12.5 Å². The van der Waals surface area contributed by atoms with E-state index in [0.717, 1.165) is 0 Å². The maximum absolute atomic E-state index is 11.1. The van der Waals surface area contributed by atoms with Crippen molar-refractivity contribution < 1.29 is 14.3 Å². The highest BCUT2D eigenvalue weighted by Crippen LogP contribution is 2.07. The van der Waals surface area contributed by atoms with E-state index in [-0.39, 0.29) is 6.42 Å². The number of esters is 1. The number of aldehydes is 1. The Hall–Kier alpha value is -1.75. The number of hydrogen-bond donors (Lipinski definition) is 1. The van der Waals surface area contributed by atoms with Crippen LogP contribution in [0.2, 0.25) is 0 Å². The van der Waals surface area contributed by atoms with Crippen LogP contribution in [0, 0.1) is 0 Å². The quantitative estimate of drug-likeness (QED) is 0.553. The van der Waals surface area contributed by atoms with Gasteiger partial charge < -0.3 is 10.5 Å². The molecule has 0 amide bonds. The predicted molar refractivity (Wildman–Crippen MR) is 53.3 cm³/mol. The van der Waals surface area contributed by atoms with E-state index in [9.17, 15) is 9.59 Å². The van der Waals surface area contributed by atoms with E-state index >= 15 is 0 Å². The van der Waals surface area contributed by atoms with Gasteiger partial charge in [0.2, 0.25) is 0 Å². The first-order valence-corrected chi connectivity index (χ1v) is 4.40. The Morgan fingerprint density at radius 1 is 1.73 bits per heavy atom. The van der Waals surface area contributed by atoms with Crippen LogP contribution in [-0.4, -0.2) is 30.4 Å². The molecule has 0 aliphatic carbocycles. The lowest BCUT2D eigenvalue weighted by molar-refractivity contribution is -0.142. The highest BCUT2D eigenvalue weighted by Gasteiger charge is 2.15. The lowest BCUT2D eigenvalue weighted by Crippen LogP contribution is -2.34. The van der Waals surface area contributed by atoms with Crippen molar-refractivity contribution in [3.63, 3.8) is 0 Å². The van der Waals surface area contributed by atoms with Gasteiger partial charge in [0.15, 0.2) is 0 Å². The zero-order valence-electron chi connectivity index (χ0n) is 8.34. The third-order valence-corrected chi connectivity index (χ3v) is 2.01. The lowest BCUT2D eigenvalue weighted by atomic mass is 10.0. The van der Waals surface area contributed by atoms with Gasteiger partial charge in [0, 0.05) is 24.4 Å². The zero-order chi connectivity index (χ0) is 11.3. The second kappa shape index (κ2) is 5.21. The summed E-state index contributed by atoms with van der Waals surface area (Å²) in [6.45, 7) is 0. The Balaban J connectivity index is 2.80. The summed E-state index contributed by atoms with van der Waals surface area (Å²) in [5, 5.41) is 0. The highest BCUT2D eigenvalue weighted by molar-refractivity contribution is 5.79. The summed E-state index contributed by atoms with van der Waals surface area (Å²) in [5.74, 6) is -0.504. The number of hydrogen-bond acceptors (Lipinski definition) is 5. The van der Waals surface area contributed by atoms with Crippen LogP contribution in [0.5, 0.6) is 0 Å². The molecule has 1 heterocycles. The lowest BCUT2D eigenvalue weighted by Gasteiger charge is -2.09. The van der Waals surface area contributed by atoms with Crippen molar-refractivity contribution in [1.82, 2.24) is 4.98 Å². The molecule has 0 bridgehead atoms. The number of carbonyl (C=O) groups is 2. The zero-order valence-corrected chi connectivity index (χ0v) is 8.34. The summed E-state index contributed by atoms with van der Waals surface area (Å²) >= 11 is 0. The first kappa shape index (κ1) is 11.3. The van der Waals surface area contributed by atoms with Gasteiger partial charge in [-0.25, -0.2) is 0 Å². The number of carbonyl (C=O) groups excluding carboxylic acids is 2. The number of rotatable bonds is 4. The summed E-state index contributed by atoms with van der Waals surface area (Å²) in [7, 11) is 1.27. The van der Waals surface area contributed by atoms with Crippen molar-refractivity contribution >= 4 is 12.3 Å². The summed E-state index contributed by atoms with van der Waals surface area (Å²) in [6, 6.07) is 0.810. The maximum atomic E-state index is 11.1. The molecule has 0 unspecified atom stereocenters. The SMILES string of the molecule is COC(=O)[C@H](N)Cc1cnccc1C=O. The molecule has 5 heteroatoms. The van der Waals surface area contributed by atoms with Crippen LogP contribution in [0.3, 0.4) is 0 Å². The topological polar surface area (TPSA) is 82.3 Å². The summed E-state index contributed by atoms with van der Waals surface area (Å²) in [4.78, 5) is 25.6.